The molecule has 1 N–H and O–H groups in total. The number of rotatable bonds is 10. The van der Waals surface area contributed by atoms with Gasteiger partial charge < -0.3 is 14.8 Å². The van der Waals surface area contributed by atoms with Gasteiger partial charge in [0.1, 0.15) is 18.1 Å². The van der Waals surface area contributed by atoms with E-state index in [-0.39, 0.29) is 11.9 Å². The van der Waals surface area contributed by atoms with E-state index in [1.807, 2.05) is 31.2 Å². The fourth-order valence-corrected chi connectivity index (χ4v) is 2.94. The van der Waals surface area contributed by atoms with Gasteiger partial charge in [0.05, 0.1) is 6.61 Å². The molecule has 27 heavy (non-hydrogen) atoms. The first kappa shape index (κ1) is 19.3. The molecule has 1 fully saturated rings. The number of carbonyl (C=O) groups excluding carboxylic acids is 1. The van der Waals surface area contributed by atoms with E-state index in [1.165, 1.54) is 18.4 Å². The lowest BCUT2D eigenvalue weighted by Crippen LogP contribution is -2.30. The van der Waals surface area contributed by atoms with E-state index in [2.05, 4.69) is 29.6 Å². The zero-order chi connectivity index (χ0) is 19.1. The molecule has 0 unspecified atom stereocenters. The molecular weight excluding hydrogens is 338 g/mol. The predicted octanol–water partition coefficient (Wildman–Crippen LogP) is 4.51. The van der Waals surface area contributed by atoms with Crippen LogP contribution in [-0.4, -0.2) is 18.6 Å². The minimum Gasteiger partial charge on any atom is -0.493 e. The van der Waals surface area contributed by atoms with Crippen LogP contribution in [0.4, 0.5) is 0 Å². The minimum absolute atomic E-state index is 0.0215. The van der Waals surface area contributed by atoms with Gasteiger partial charge in [0.2, 0.25) is 5.91 Å². The number of aryl methyl sites for hydroxylation is 1. The quantitative estimate of drug-likeness (QED) is 0.672. The van der Waals surface area contributed by atoms with Crippen LogP contribution < -0.4 is 14.8 Å². The van der Waals surface area contributed by atoms with E-state index in [4.69, 9.17) is 9.47 Å². The molecule has 1 atom stereocenters. The lowest BCUT2D eigenvalue weighted by atomic mass is 10.1. The van der Waals surface area contributed by atoms with Crippen molar-refractivity contribution in [3.63, 3.8) is 0 Å². The van der Waals surface area contributed by atoms with E-state index in [1.54, 1.807) is 6.92 Å². The highest BCUT2D eigenvalue weighted by atomic mass is 16.5. The third-order valence-corrected chi connectivity index (χ3v) is 4.73. The Balaban J connectivity index is 1.44. The summed E-state index contributed by atoms with van der Waals surface area (Å²) >= 11 is 0. The van der Waals surface area contributed by atoms with Crippen LogP contribution in [0.3, 0.4) is 0 Å². The Morgan fingerprint density at radius 2 is 1.85 bits per heavy atom. The molecule has 2 aromatic carbocycles. The summed E-state index contributed by atoms with van der Waals surface area (Å²) in [4.78, 5) is 11.1. The Hall–Kier alpha value is -2.49. The fourth-order valence-electron chi connectivity index (χ4n) is 2.94. The molecule has 2 aromatic rings. The van der Waals surface area contributed by atoms with Crippen molar-refractivity contribution in [2.24, 2.45) is 5.92 Å². The Kier molecular flexibility index (Phi) is 6.74. The van der Waals surface area contributed by atoms with Crippen molar-refractivity contribution >= 4 is 5.91 Å². The molecule has 0 saturated heterocycles. The first-order chi connectivity index (χ1) is 13.1. The monoisotopic (exact) mass is 367 g/mol. The molecule has 1 saturated carbocycles. The van der Waals surface area contributed by atoms with Crippen molar-refractivity contribution in [2.75, 3.05) is 6.61 Å². The van der Waals surface area contributed by atoms with Crippen LogP contribution in [0.1, 0.15) is 44.2 Å². The van der Waals surface area contributed by atoms with Gasteiger partial charge >= 0.3 is 0 Å². The second kappa shape index (κ2) is 9.45. The molecule has 4 nitrogen and oxygen atoms in total. The number of benzene rings is 2. The van der Waals surface area contributed by atoms with Crippen LogP contribution in [-0.2, 0) is 17.8 Å². The zero-order valence-electron chi connectivity index (χ0n) is 16.2. The number of hydrogen-bond acceptors (Lipinski definition) is 3. The van der Waals surface area contributed by atoms with Crippen LogP contribution >= 0.6 is 0 Å². The van der Waals surface area contributed by atoms with Gasteiger partial charge in [-0.3, -0.25) is 4.79 Å². The number of amides is 1. The van der Waals surface area contributed by atoms with Crippen molar-refractivity contribution in [2.45, 2.75) is 52.2 Å². The van der Waals surface area contributed by atoms with Gasteiger partial charge in [0.15, 0.2) is 0 Å². The molecule has 3 rings (SSSR count). The van der Waals surface area contributed by atoms with Gasteiger partial charge in [-0.2, -0.15) is 0 Å². The molecule has 4 heteroatoms. The van der Waals surface area contributed by atoms with Gasteiger partial charge in [0, 0.05) is 13.0 Å². The highest BCUT2D eigenvalue weighted by Gasteiger charge is 2.21. The summed E-state index contributed by atoms with van der Waals surface area (Å²) in [7, 11) is 0. The average molecular weight is 367 g/mol. The molecule has 0 spiro atoms. The van der Waals surface area contributed by atoms with Gasteiger partial charge in [-0.15, -0.1) is 0 Å². The second-order valence-corrected chi connectivity index (χ2v) is 7.47. The Morgan fingerprint density at radius 3 is 2.56 bits per heavy atom. The zero-order valence-corrected chi connectivity index (χ0v) is 16.2. The summed E-state index contributed by atoms with van der Waals surface area (Å²) < 4.78 is 11.7. The SMILES string of the molecule is CC(=O)N[C@@H](C)CCc1ccc(OCc2cccc(OCC3CC3)c2)cc1. The van der Waals surface area contributed by atoms with Gasteiger partial charge in [0.25, 0.3) is 0 Å². The summed E-state index contributed by atoms with van der Waals surface area (Å²) in [5.74, 6) is 2.56. The maximum atomic E-state index is 11.1. The Labute approximate surface area is 161 Å². The molecule has 0 aliphatic heterocycles. The lowest BCUT2D eigenvalue weighted by Gasteiger charge is -2.12. The maximum Gasteiger partial charge on any atom is 0.217 e. The van der Waals surface area contributed by atoms with E-state index >= 15 is 0 Å². The second-order valence-electron chi connectivity index (χ2n) is 7.47. The van der Waals surface area contributed by atoms with Crippen LogP contribution in [0.5, 0.6) is 11.5 Å². The summed E-state index contributed by atoms with van der Waals surface area (Å²) in [5, 5.41) is 2.91. The number of nitrogens with one attached hydrogen (secondary N) is 1. The fraction of sp³-hybridized carbons (Fsp3) is 0.435. The van der Waals surface area contributed by atoms with Crippen LogP contribution in [0.15, 0.2) is 48.5 Å². The van der Waals surface area contributed by atoms with E-state index in [9.17, 15) is 4.79 Å². The molecule has 0 radical (unpaired) electrons. The minimum atomic E-state index is 0.0215. The van der Waals surface area contributed by atoms with Gasteiger partial charge in [-0.25, -0.2) is 0 Å². The van der Waals surface area contributed by atoms with E-state index in [0.717, 1.165) is 42.4 Å². The molecule has 1 aliphatic carbocycles. The van der Waals surface area contributed by atoms with Crippen molar-refractivity contribution in [1.82, 2.24) is 5.32 Å². The van der Waals surface area contributed by atoms with Crippen LogP contribution in [0.25, 0.3) is 0 Å². The first-order valence-corrected chi connectivity index (χ1v) is 9.79. The van der Waals surface area contributed by atoms with Crippen molar-refractivity contribution < 1.29 is 14.3 Å². The summed E-state index contributed by atoms with van der Waals surface area (Å²) in [6, 6.07) is 16.5. The normalized spacial score (nSPS) is 14.4. The summed E-state index contributed by atoms with van der Waals surface area (Å²) in [5.41, 5.74) is 2.35. The Bertz CT molecular complexity index is 738. The average Bonchev–Trinajstić information content (AvgIpc) is 3.48. The molecule has 0 heterocycles. The smallest absolute Gasteiger partial charge is 0.217 e. The Morgan fingerprint density at radius 1 is 1.07 bits per heavy atom. The topological polar surface area (TPSA) is 47.6 Å². The lowest BCUT2D eigenvalue weighted by molar-refractivity contribution is -0.119. The van der Waals surface area contributed by atoms with Gasteiger partial charge in [-0.1, -0.05) is 24.3 Å². The highest BCUT2D eigenvalue weighted by molar-refractivity contribution is 5.73. The van der Waals surface area contributed by atoms with E-state index in [0.29, 0.717) is 6.61 Å². The van der Waals surface area contributed by atoms with Crippen LogP contribution in [0, 0.1) is 5.92 Å². The van der Waals surface area contributed by atoms with E-state index < -0.39 is 0 Å². The molecule has 0 aromatic heterocycles. The molecule has 1 amide bonds. The maximum absolute atomic E-state index is 11.1. The molecule has 144 valence electrons. The molecule has 1 aliphatic rings. The highest BCUT2D eigenvalue weighted by Crippen LogP contribution is 2.29. The standard InChI is InChI=1S/C23H29NO3/c1-17(24-18(2)25)6-7-19-10-12-22(13-11-19)26-16-21-4-3-5-23(14-21)27-15-20-8-9-20/h3-5,10-14,17,20H,6-9,15-16H2,1-2H3,(H,24,25)/t17-/m0/s1. The summed E-state index contributed by atoms with van der Waals surface area (Å²) in [6.07, 6.45) is 4.45. The molecule has 0 bridgehead atoms. The third kappa shape index (κ3) is 6.97. The number of carbonyl (C=O) groups is 1. The van der Waals surface area contributed by atoms with Crippen LogP contribution in [0.2, 0.25) is 0 Å². The van der Waals surface area contributed by atoms with Gasteiger partial charge in [-0.05, 0) is 73.9 Å². The number of ether oxygens (including phenoxy) is 2. The van der Waals surface area contributed by atoms with Crippen molar-refractivity contribution in [1.29, 1.82) is 0 Å². The number of hydrogen-bond donors (Lipinski definition) is 1. The first-order valence-electron chi connectivity index (χ1n) is 9.79. The largest absolute Gasteiger partial charge is 0.493 e. The molecular formula is C23H29NO3. The van der Waals surface area contributed by atoms with Crippen molar-refractivity contribution in [3.05, 3.63) is 59.7 Å². The third-order valence-electron chi connectivity index (χ3n) is 4.73. The van der Waals surface area contributed by atoms with Crippen molar-refractivity contribution in [3.8, 4) is 11.5 Å². The predicted molar refractivity (Wildman–Crippen MR) is 107 cm³/mol. The summed E-state index contributed by atoms with van der Waals surface area (Å²) in [6.45, 7) is 4.94.